The maximum atomic E-state index is 12.5. The molecule has 0 fully saturated rings. The molecule has 10 nitrogen and oxygen atoms in total. The van der Waals surface area contributed by atoms with Crippen LogP contribution < -0.4 is 4.72 Å². The van der Waals surface area contributed by atoms with Crippen LogP contribution in [0.15, 0.2) is 70.6 Å². The average Bonchev–Trinajstić information content (AvgIpc) is 2.74. The Bertz CT molecular complexity index is 1290. The third kappa shape index (κ3) is 4.60. The largest absolute Gasteiger partial charge is 0.280 e. The summed E-state index contributed by atoms with van der Waals surface area (Å²) < 4.78 is 50.9. The molecule has 1 aromatic heterocycles. The molecule has 0 aliphatic carbocycles. The summed E-state index contributed by atoms with van der Waals surface area (Å²) in [4.78, 5) is 9.94. The topological polar surface area (TPSA) is 149 Å². The lowest BCUT2D eigenvalue weighted by Gasteiger charge is -2.09. The fourth-order valence-electron chi connectivity index (χ4n) is 2.48. The Morgan fingerprint density at radius 3 is 2.23 bits per heavy atom. The van der Waals surface area contributed by atoms with E-state index in [4.69, 9.17) is 0 Å². The molecule has 3 aromatic rings. The minimum atomic E-state index is -4.02. The Labute approximate surface area is 172 Å². The van der Waals surface area contributed by atoms with Crippen molar-refractivity contribution < 1.29 is 21.8 Å². The molecule has 0 amide bonds. The van der Waals surface area contributed by atoms with Gasteiger partial charge in [-0.05, 0) is 30.3 Å². The number of nitro groups is 1. The van der Waals surface area contributed by atoms with Crippen LogP contribution in [-0.4, -0.2) is 37.7 Å². The average molecular weight is 448 g/mol. The Balaban J connectivity index is 1.81. The van der Waals surface area contributed by atoms with Crippen LogP contribution in [0, 0.1) is 10.1 Å². The van der Waals surface area contributed by atoms with Crippen LogP contribution in [-0.2, 0) is 19.9 Å². The molecule has 12 heteroatoms. The molecule has 1 heterocycles. The van der Waals surface area contributed by atoms with Crippen LogP contribution in [0.1, 0.15) is 6.92 Å². The van der Waals surface area contributed by atoms with Crippen molar-refractivity contribution in [1.29, 1.82) is 0 Å². The van der Waals surface area contributed by atoms with Gasteiger partial charge in [0.1, 0.15) is 0 Å². The fraction of sp³-hybridized carbons (Fsp3) is 0.111. The lowest BCUT2D eigenvalue weighted by atomic mass is 10.1. The summed E-state index contributed by atoms with van der Waals surface area (Å²) in [6.07, 6.45) is 0. The first-order valence-electron chi connectivity index (χ1n) is 8.56. The molecular formula is C18H16N4O6S2. The van der Waals surface area contributed by atoms with Crippen molar-refractivity contribution in [3.05, 3.63) is 70.8 Å². The minimum Gasteiger partial charge on any atom is -0.280 e. The van der Waals surface area contributed by atoms with Crippen molar-refractivity contribution >= 4 is 31.2 Å². The number of hydrogen-bond donors (Lipinski definition) is 1. The van der Waals surface area contributed by atoms with Crippen LogP contribution in [0.2, 0.25) is 0 Å². The maximum absolute atomic E-state index is 12.5. The van der Waals surface area contributed by atoms with Gasteiger partial charge in [0.2, 0.25) is 0 Å². The van der Waals surface area contributed by atoms with E-state index < -0.39 is 24.8 Å². The molecule has 0 atom stereocenters. The number of sulfonamides is 1. The molecule has 0 unspecified atom stereocenters. The summed E-state index contributed by atoms with van der Waals surface area (Å²) in [5.41, 5.74) is 0.920. The molecule has 2 aromatic carbocycles. The zero-order valence-electron chi connectivity index (χ0n) is 15.6. The highest BCUT2D eigenvalue weighted by Gasteiger charge is 2.18. The van der Waals surface area contributed by atoms with Gasteiger partial charge in [-0.25, -0.2) is 16.8 Å². The van der Waals surface area contributed by atoms with E-state index in [2.05, 4.69) is 14.9 Å². The molecule has 0 bridgehead atoms. The van der Waals surface area contributed by atoms with Gasteiger partial charge in [0, 0.05) is 23.4 Å². The van der Waals surface area contributed by atoms with Crippen molar-refractivity contribution in [1.82, 2.24) is 10.2 Å². The third-order valence-electron chi connectivity index (χ3n) is 4.11. The Morgan fingerprint density at radius 2 is 1.67 bits per heavy atom. The molecule has 0 aliphatic rings. The number of aromatic nitrogens is 2. The first-order chi connectivity index (χ1) is 14.1. The molecule has 156 valence electrons. The minimum absolute atomic E-state index is 0.0829. The smallest absolute Gasteiger partial charge is 0.270 e. The Kier molecular flexibility index (Phi) is 5.80. The van der Waals surface area contributed by atoms with Gasteiger partial charge < -0.3 is 0 Å². The monoisotopic (exact) mass is 448 g/mol. The number of nitrogens with one attached hydrogen (secondary N) is 1. The van der Waals surface area contributed by atoms with E-state index in [-0.39, 0.29) is 27.0 Å². The predicted octanol–water partition coefficient (Wildman–Crippen LogP) is 2.65. The number of sulfone groups is 1. The number of nitro benzene ring substituents is 1. The lowest BCUT2D eigenvalue weighted by Crippen LogP contribution is -2.13. The van der Waals surface area contributed by atoms with Crippen molar-refractivity contribution in [3.8, 4) is 11.3 Å². The van der Waals surface area contributed by atoms with Gasteiger partial charge in [0.05, 0.1) is 21.3 Å². The normalized spacial score (nSPS) is 11.8. The molecule has 0 aliphatic heterocycles. The van der Waals surface area contributed by atoms with Gasteiger partial charge in [0.15, 0.2) is 14.9 Å². The van der Waals surface area contributed by atoms with Crippen molar-refractivity contribution in [2.45, 2.75) is 16.8 Å². The van der Waals surface area contributed by atoms with Gasteiger partial charge in [-0.15, -0.1) is 10.2 Å². The molecule has 0 saturated carbocycles. The lowest BCUT2D eigenvalue weighted by molar-refractivity contribution is -0.385. The van der Waals surface area contributed by atoms with Crippen LogP contribution in [0.25, 0.3) is 11.3 Å². The number of rotatable bonds is 7. The SMILES string of the molecule is CCS(=O)(=O)c1ccc(-c2ccc(NS(=O)(=O)c3cccc([N+](=O)[O-])c3)cc2)nn1. The van der Waals surface area contributed by atoms with Gasteiger partial charge in [-0.3, -0.25) is 14.8 Å². The quantitative estimate of drug-likeness (QED) is 0.428. The highest BCUT2D eigenvalue weighted by atomic mass is 32.2. The second-order valence-electron chi connectivity index (χ2n) is 6.10. The molecule has 3 rings (SSSR count). The summed E-state index contributed by atoms with van der Waals surface area (Å²) in [5.74, 6) is -0.0829. The number of benzene rings is 2. The van der Waals surface area contributed by atoms with E-state index in [0.717, 1.165) is 6.07 Å². The number of anilines is 1. The number of non-ortho nitro benzene ring substituents is 1. The fourth-order valence-corrected chi connectivity index (χ4v) is 4.31. The first-order valence-corrected chi connectivity index (χ1v) is 11.7. The van der Waals surface area contributed by atoms with Crippen molar-refractivity contribution in [2.75, 3.05) is 10.5 Å². The second-order valence-corrected chi connectivity index (χ2v) is 10.0. The Hall–Kier alpha value is -3.38. The molecule has 1 N–H and O–H groups in total. The predicted molar refractivity (Wildman–Crippen MR) is 109 cm³/mol. The highest BCUT2D eigenvalue weighted by molar-refractivity contribution is 7.92. The zero-order valence-corrected chi connectivity index (χ0v) is 17.2. The molecule has 0 spiro atoms. The van der Waals surface area contributed by atoms with Crippen molar-refractivity contribution in [3.63, 3.8) is 0 Å². The maximum Gasteiger partial charge on any atom is 0.270 e. The standard InChI is InChI=1S/C18H16N4O6S2/c1-2-29(25,26)18-11-10-17(19-20-18)13-6-8-14(9-7-13)21-30(27,28)16-5-3-4-15(12-16)22(23)24/h3-12,21H,2H2,1H3. The van der Waals surface area contributed by atoms with Gasteiger partial charge in [-0.2, -0.15) is 0 Å². The van der Waals surface area contributed by atoms with Gasteiger partial charge in [0.25, 0.3) is 15.7 Å². The van der Waals surface area contributed by atoms with Gasteiger partial charge in [-0.1, -0.05) is 25.1 Å². The van der Waals surface area contributed by atoms with Gasteiger partial charge >= 0.3 is 0 Å². The van der Waals surface area contributed by atoms with E-state index in [1.54, 1.807) is 12.1 Å². The first kappa shape index (κ1) is 21.3. The number of nitrogens with zero attached hydrogens (tertiary/aromatic N) is 3. The molecule has 30 heavy (non-hydrogen) atoms. The second kappa shape index (κ2) is 8.16. The van der Waals surface area contributed by atoms with Crippen LogP contribution in [0.5, 0.6) is 0 Å². The molecular weight excluding hydrogens is 432 g/mol. The summed E-state index contributed by atoms with van der Waals surface area (Å²) in [7, 11) is -7.47. The Morgan fingerprint density at radius 1 is 0.967 bits per heavy atom. The van der Waals surface area contributed by atoms with Crippen LogP contribution >= 0.6 is 0 Å². The summed E-state index contributed by atoms with van der Waals surface area (Å²) >= 11 is 0. The molecule has 0 saturated heterocycles. The zero-order chi connectivity index (χ0) is 21.9. The van der Waals surface area contributed by atoms with Crippen molar-refractivity contribution in [2.24, 2.45) is 0 Å². The molecule has 0 radical (unpaired) electrons. The van der Waals surface area contributed by atoms with E-state index in [0.29, 0.717) is 11.3 Å². The highest BCUT2D eigenvalue weighted by Crippen LogP contribution is 2.23. The third-order valence-corrected chi connectivity index (χ3v) is 7.10. The van der Waals surface area contributed by atoms with E-state index >= 15 is 0 Å². The van der Waals surface area contributed by atoms with Crippen LogP contribution in [0.4, 0.5) is 11.4 Å². The number of hydrogen-bond acceptors (Lipinski definition) is 8. The van der Waals surface area contributed by atoms with Crippen LogP contribution in [0.3, 0.4) is 0 Å². The summed E-state index contributed by atoms with van der Waals surface area (Å²) in [5, 5.41) is 18.4. The van der Waals surface area contributed by atoms with E-state index in [9.17, 15) is 26.9 Å². The van der Waals surface area contributed by atoms with E-state index in [1.807, 2.05) is 0 Å². The van der Waals surface area contributed by atoms with E-state index in [1.165, 1.54) is 49.4 Å². The summed E-state index contributed by atoms with van der Waals surface area (Å²) in [6.45, 7) is 1.51. The summed E-state index contributed by atoms with van der Waals surface area (Å²) in [6, 6.07) is 13.7.